The Kier molecular flexibility index (Phi) is 4.24. The van der Waals surface area contributed by atoms with Gasteiger partial charge in [-0.3, -0.25) is 0 Å². The molecule has 2 unspecified atom stereocenters. The Morgan fingerprint density at radius 2 is 1.84 bits per heavy atom. The summed E-state index contributed by atoms with van der Waals surface area (Å²) in [6.45, 7) is 3.68. The van der Waals surface area contributed by atoms with Gasteiger partial charge >= 0.3 is 0 Å². The van der Waals surface area contributed by atoms with E-state index in [1.807, 2.05) is 44.2 Å². The first-order valence-corrected chi connectivity index (χ1v) is 6.63. The normalized spacial score (nSPS) is 14.4. The quantitative estimate of drug-likeness (QED) is 0.844. The number of aryl methyl sites for hydroxylation is 1. The maximum atomic E-state index is 10.1. The minimum atomic E-state index is -1.02. The molecule has 0 bridgehead atoms. The lowest BCUT2D eigenvalue weighted by Crippen LogP contribution is -2.20. The molecule has 1 aromatic carbocycles. The minimum absolute atomic E-state index is 0.0173. The van der Waals surface area contributed by atoms with E-state index in [4.69, 9.17) is 11.6 Å². The molecule has 0 saturated carbocycles. The van der Waals surface area contributed by atoms with Crippen molar-refractivity contribution in [3.05, 3.63) is 47.3 Å². The number of nitrogens with zero attached hydrogens (tertiary/aromatic N) is 2. The van der Waals surface area contributed by atoms with Gasteiger partial charge in [-0.2, -0.15) is 5.10 Å². The number of halogens is 1. The summed E-state index contributed by atoms with van der Waals surface area (Å²) in [5, 5.41) is 24.2. The van der Waals surface area contributed by atoms with E-state index in [1.54, 1.807) is 4.68 Å². The van der Waals surface area contributed by atoms with E-state index in [-0.39, 0.29) is 5.88 Å². The molecule has 0 saturated heterocycles. The highest BCUT2D eigenvalue weighted by Crippen LogP contribution is 2.26. The molecule has 0 radical (unpaired) electrons. The van der Waals surface area contributed by atoms with Crippen LogP contribution in [0.1, 0.15) is 23.1 Å². The van der Waals surface area contributed by atoms with Crippen LogP contribution in [0.3, 0.4) is 0 Å². The van der Waals surface area contributed by atoms with Gasteiger partial charge in [0.1, 0.15) is 6.10 Å². The first-order chi connectivity index (χ1) is 9.06. The van der Waals surface area contributed by atoms with Crippen LogP contribution in [0.25, 0.3) is 5.69 Å². The monoisotopic (exact) mass is 280 g/mol. The van der Waals surface area contributed by atoms with Gasteiger partial charge in [-0.25, -0.2) is 4.68 Å². The van der Waals surface area contributed by atoms with Crippen molar-refractivity contribution < 1.29 is 10.2 Å². The number of hydrogen-bond donors (Lipinski definition) is 2. The van der Waals surface area contributed by atoms with Gasteiger partial charge < -0.3 is 10.2 Å². The lowest BCUT2D eigenvalue weighted by molar-refractivity contribution is 0.0319. The van der Waals surface area contributed by atoms with E-state index < -0.39 is 12.2 Å². The van der Waals surface area contributed by atoms with Crippen molar-refractivity contribution in [1.82, 2.24) is 9.78 Å². The summed E-state index contributed by atoms with van der Waals surface area (Å²) in [7, 11) is 0. The first kappa shape index (κ1) is 14.1. The molecule has 102 valence electrons. The summed E-state index contributed by atoms with van der Waals surface area (Å²) >= 11 is 5.59. The lowest BCUT2D eigenvalue weighted by atomic mass is 10.0. The smallest absolute Gasteiger partial charge is 0.110 e. The Labute approximate surface area is 117 Å². The van der Waals surface area contributed by atoms with Crippen molar-refractivity contribution in [3.8, 4) is 5.69 Å². The third kappa shape index (κ3) is 2.66. The number of rotatable bonds is 4. The Morgan fingerprint density at radius 3 is 2.42 bits per heavy atom. The van der Waals surface area contributed by atoms with Crippen molar-refractivity contribution >= 4 is 11.6 Å². The maximum Gasteiger partial charge on any atom is 0.110 e. The molecule has 0 spiro atoms. The number of aromatic nitrogens is 2. The molecule has 2 N–H and O–H groups in total. The Bertz CT molecular complexity index is 554. The summed E-state index contributed by atoms with van der Waals surface area (Å²) in [5.74, 6) is -0.0173. The highest BCUT2D eigenvalue weighted by atomic mass is 35.5. The second kappa shape index (κ2) is 5.74. The first-order valence-electron chi connectivity index (χ1n) is 6.10. The standard InChI is InChI=1S/C14H17ClN2O2/c1-9-13(14(19)12(18)8-15)10(2)17(16-9)11-6-4-3-5-7-11/h3-7,12,14,18-19H,8H2,1-2H3. The molecular weight excluding hydrogens is 264 g/mol. The van der Waals surface area contributed by atoms with Gasteiger partial charge in [-0.05, 0) is 26.0 Å². The highest BCUT2D eigenvalue weighted by molar-refractivity contribution is 6.18. The van der Waals surface area contributed by atoms with Gasteiger partial charge in [-0.1, -0.05) is 18.2 Å². The Morgan fingerprint density at radius 1 is 1.21 bits per heavy atom. The van der Waals surface area contributed by atoms with Crippen molar-refractivity contribution in [2.75, 3.05) is 5.88 Å². The number of para-hydroxylation sites is 1. The zero-order valence-corrected chi connectivity index (χ0v) is 11.7. The van der Waals surface area contributed by atoms with Crippen LogP contribution in [0, 0.1) is 13.8 Å². The molecule has 5 heteroatoms. The molecule has 1 heterocycles. The zero-order valence-electron chi connectivity index (χ0n) is 10.9. The third-order valence-electron chi connectivity index (χ3n) is 3.17. The SMILES string of the molecule is Cc1nn(-c2ccccc2)c(C)c1C(O)C(O)CCl. The topological polar surface area (TPSA) is 58.3 Å². The average molecular weight is 281 g/mol. The third-order valence-corrected chi connectivity index (χ3v) is 3.48. The maximum absolute atomic E-state index is 10.1. The number of alkyl halides is 1. The number of hydrogen-bond acceptors (Lipinski definition) is 3. The van der Waals surface area contributed by atoms with Crippen LogP contribution in [0.2, 0.25) is 0 Å². The number of aliphatic hydroxyl groups is 2. The zero-order chi connectivity index (χ0) is 14.0. The largest absolute Gasteiger partial charge is 0.389 e. The van der Waals surface area contributed by atoms with Gasteiger partial charge in [-0.15, -0.1) is 11.6 Å². The van der Waals surface area contributed by atoms with Gasteiger partial charge in [0.05, 0.1) is 23.4 Å². The van der Waals surface area contributed by atoms with E-state index in [1.165, 1.54) is 0 Å². The molecule has 0 aliphatic heterocycles. The summed E-state index contributed by atoms with van der Waals surface area (Å²) in [4.78, 5) is 0. The van der Waals surface area contributed by atoms with Crippen LogP contribution in [0.15, 0.2) is 30.3 Å². The fraction of sp³-hybridized carbons (Fsp3) is 0.357. The Hall–Kier alpha value is -1.36. The predicted molar refractivity (Wildman–Crippen MR) is 74.7 cm³/mol. The molecule has 0 amide bonds. The van der Waals surface area contributed by atoms with E-state index in [2.05, 4.69) is 5.10 Å². The fourth-order valence-corrected chi connectivity index (χ4v) is 2.35. The second-order valence-corrected chi connectivity index (χ2v) is 4.81. The van der Waals surface area contributed by atoms with Crippen LogP contribution >= 0.6 is 11.6 Å². The van der Waals surface area contributed by atoms with Crippen LogP contribution in [0.4, 0.5) is 0 Å². The van der Waals surface area contributed by atoms with E-state index in [0.29, 0.717) is 11.3 Å². The molecule has 0 fully saturated rings. The van der Waals surface area contributed by atoms with Crippen molar-refractivity contribution in [2.24, 2.45) is 0 Å². The Balaban J connectivity index is 2.46. The number of benzene rings is 1. The molecule has 0 aliphatic rings. The van der Waals surface area contributed by atoms with Crippen LogP contribution in [-0.4, -0.2) is 32.0 Å². The van der Waals surface area contributed by atoms with E-state index >= 15 is 0 Å². The molecule has 19 heavy (non-hydrogen) atoms. The van der Waals surface area contributed by atoms with Crippen molar-refractivity contribution in [1.29, 1.82) is 0 Å². The minimum Gasteiger partial charge on any atom is -0.389 e. The van der Waals surface area contributed by atoms with Gasteiger partial charge in [0, 0.05) is 11.3 Å². The fourth-order valence-electron chi connectivity index (χ4n) is 2.18. The second-order valence-electron chi connectivity index (χ2n) is 4.50. The molecule has 0 aliphatic carbocycles. The summed E-state index contributed by atoms with van der Waals surface area (Å²) < 4.78 is 1.76. The van der Waals surface area contributed by atoms with E-state index in [0.717, 1.165) is 11.4 Å². The van der Waals surface area contributed by atoms with E-state index in [9.17, 15) is 10.2 Å². The van der Waals surface area contributed by atoms with Crippen LogP contribution in [-0.2, 0) is 0 Å². The van der Waals surface area contributed by atoms with Crippen LogP contribution < -0.4 is 0 Å². The molecule has 2 atom stereocenters. The summed E-state index contributed by atoms with van der Waals surface area (Å²) in [6, 6.07) is 9.66. The van der Waals surface area contributed by atoms with Gasteiger partial charge in [0.25, 0.3) is 0 Å². The summed E-state index contributed by atoms with van der Waals surface area (Å²) in [5.41, 5.74) is 3.05. The lowest BCUT2D eigenvalue weighted by Gasteiger charge is -2.16. The molecule has 4 nitrogen and oxygen atoms in total. The molecule has 1 aromatic heterocycles. The molecule has 2 aromatic rings. The molecular formula is C14H17ClN2O2. The van der Waals surface area contributed by atoms with Gasteiger partial charge in [0.2, 0.25) is 0 Å². The molecule has 2 rings (SSSR count). The summed E-state index contributed by atoms with van der Waals surface area (Å²) in [6.07, 6.45) is -2.01. The van der Waals surface area contributed by atoms with Crippen molar-refractivity contribution in [2.45, 2.75) is 26.1 Å². The number of aliphatic hydroxyl groups excluding tert-OH is 2. The van der Waals surface area contributed by atoms with Gasteiger partial charge in [0.15, 0.2) is 0 Å². The average Bonchev–Trinajstić information content (AvgIpc) is 2.73. The highest BCUT2D eigenvalue weighted by Gasteiger charge is 2.25. The predicted octanol–water partition coefficient (Wildman–Crippen LogP) is 2.12. The van der Waals surface area contributed by atoms with Crippen molar-refractivity contribution in [3.63, 3.8) is 0 Å². The van der Waals surface area contributed by atoms with Crippen LogP contribution in [0.5, 0.6) is 0 Å².